The first kappa shape index (κ1) is 44.5. The van der Waals surface area contributed by atoms with Crippen molar-refractivity contribution in [2.45, 2.75) is 213 Å². The lowest BCUT2D eigenvalue weighted by atomic mass is 10.0. The number of esters is 1. The van der Waals surface area contributed by atoms with Crippen molar-refractivity contribution >= 4 is 13.8 Å². The minimum Gasteiger partial charge on any atom is -0.457 e. The van der Waals surface area contributed by atoms with Crippen molar-refractivity contribution in [2.75, 3.05) is 19.8 Å². The van der Waals surface area contributed by atoms with Gasteiger partial charge in [-0.3, -0.25) is 9.32 Å². The summed E-state index contributed by atoms with van der Waals surface area (Å²) in [6.07, 6.45) is 36.6. The Kier molecular flexibility index (Phi) is 34.5. The average Bonchev–Trinajstić information content (AvgIpc) is 3.01. The second-order valence-corrected chi connectivity index (χ2v) is 14.5. The number of unbranched alkanes of at least 4 members (excludes halogenated alkanes) is 27. The highest BCUT2D eigenvalue weighted by atomic mass is 31.2. The Morgan fingerprint density at radius 1 is 0.511 bits per heavy atom. The fraction of sp³-hybridized carbons (Fsp3) is 0.973. The van der Waals surface area contributed by atoms with Gasteiger partial charge in [0, 0.05) is 13.0 Å². The molecule has 0 aliphatic rings. The van der Waals surface area contributed by atoms with Crippen LogP contribution in [-0.4, -0.2) is 41.7 Å². The van der Waals surface area contributed by atoms with Crippen LogP contribution in [0.25, 0.3) is 0 Å². The van der Waals surface area contributed by atoms with Gasteiger partial charge in [-0.15, -0.1) is 0 Å². The Bertz CT molecular complexity index is 655. The molecule has 7 nitrogen and oxygen atoms in total. The number of hydrogen-bond acceptors (Lipinski definition) is 5. The third kappa shape index (κ3) is 37.9. The predicted molar refractivity (Wildman–Crippen MR) is 189 cm³/mol. The number of carbonyl (C=O) groups is 1. The van der Waals surface area contributed by atoms with E-state index in [1.807, 2.05) is 0 Å². The fourth-order valence-corrected chi connectivity index (χ4v) is 6.16. The summed E-state index contributed by atoms with van der Waals surface area (Å²) in [5, 5.41) is 0. The SMILES string of the molecule is CCCCCCCCCCCCCCCCCCOC[C@H](COP(=O)(O)O)OC(=O)CCCCCCCCCCCCCCC. The molecule has 0 spiro atoms. The summed E-state index contributed by atoms with van der Waals surface area (Å²) in [6, 6.07) is 0. The zero-order valence-corrected chi connectivity index (χ0v) is 30.7. The van der Waals surface area contributed by atoms with Crippen LogP contribution in [0.15, 0.2) is 0 Å². The number of phosphoric acid groups is 1. The standard InChI is InChI=1S/C37H75O7P/c1-3-5-7-9-11-13-15-17-18-19-21-23-25-27-29-31-33-42-34-36(35-43-45(39,40)41)44-37(38)32-30-28-26-24-22-20-16-14-12-10-8-6-4-2/h36H,3-35H2,1-2H3,(H2,39,40,41)/t36-/m1/s1. The Hall–Kier alpha value is -0.460. The van der Waals surface area contributed by atoms with Crippen LogP contribution in [-0.2, 0) is 23.4 Å². The van der Waals surface area contributed by atoms with E-state index in [4.69, 9.17) is 19.3 Å². The molecule has 0 aromatic rings. The Morgan fingerprint density at radius 2 is 0.844 bits per heavy atom. The van der Waals surface area contributed by atoms with Gasteiger partial charge in [0.25, 0.3) is 0 Å². The van der Waals surface area contributed by atoms with Gasteiger partial charge in [0.1, 0.15) is 6.10 Å². The summed E-state index contributed by atoms with van der Waals surface area (Å²) < 4.78 is 26.9. The molecule has 0 aliphatic heterocycles. The third-order valence-electron chi connectivity index (χ3n) is 8.66. The number of phosphoric ester groups is 1. The van der Waals surface area contributed by atoms with Crippen molar-refractivity contribution < 1.29 is 33.1 Å². The van der Waals surface area contributed by atoms with Gasteiger partial charge in [0.05, 0.1) is 13.2 Å². The summed E-state index contributed by atoms with van der Waals surface area (Å²) >= 11 is 0. The summed E-state index contributed by atoms with van der Waals surface area (Å²) in [7, 11) is -4.64. The van der Waals surface area contributed by atoms with Crippen molar-refractivity contribution in [3.05, 3.63) is 0 Å². The lowest BCUT2D eigenvalue weighted by molar-refractivity contribution is -0.154. The van der Waals surface area contributed by atoms with Gasteiger partial charge in [-0.2, -0.15) is 0 Å². The third-order valence-corrected chi connectivity index (χ3v) is 9.14. The minimum absolute atomic E-state index is 0.0864. The smallest absolute Gasteiger partial charge is 0.457 e. The Labute approximate surface area is 279 Å². The van der Waals surface area contributed by atoms with Crippen molar-refractivity contribution in [3.8, 4) is 0 Å². The summed E-state index contributed by atoms with van der Waals surface area (Å²) in [5.74, 6) is -0.358. The molecule has 0 radical (unpaired) electrons. The molecule has 0 fully saturated rings. The van der Waals surface area contributed by atoms with E-state index in [0.717, 1.165) is 32.1 Å². The number of hydrogen-bond donors (Lipinski definition) is 2. The van der Waals surface area contributed by atoms with Gasteiger partial charge >= 0.3 is 13.8 Å². The molecule has 1 atom stereocenters. The van der Waals surface area contributed by atoms with Crippen LogP contribution in [0.1, 0.15) is 206 Å². The van der Waals surface area contributed by atoms with Crippen LogP contribution >= 0.6 is 7.82 Å². The van der Waals surface area contributed by atoms with Crippen LogP contribution in [0, 0.1) is 0 Å². The lowest BCUT2D eigenvalue weighted by Crippen LogP contribution is -2.28. The monoisotopic (exact) mass is 663 g/mol. The average molecular weight is 663 g/mol. The maximum Gasteiger partial charge on any atom is 0.469 e. The normalized spacial score (nSPS) is 12.5. The molecule has 45 heavy (non-hydrogen) atoms. The lowest BCUT2D eigenvalue weighted by Gasteiger charge is -2.18. The maximum atomic E-state index is 12.3. The van der Waals surface area contributed by atoms with Crippen LogP contribution in [0.5, 0.6) is 0 Å². The largest absolute Gasteiger partial charge is 0.469 e. The van der Waals surface area contributed by atoms with Crippen LogP contribution in [0.4, 0.5) is 0 Å². The molecule has 0 saturated carbocycles. The zero-order valence-electron chi connectivity index (χ0n) is 29.8. The maximum absolute atomic E-state index is 12.3. The van der Waals surface area contributed by atoms with Crippen molar-refractivity contribution in [1.82, 2.24) is 0 Å². The molecule has 0 aliphatic carbocycles. The molecular weight excluding hydrogens is 587 g/mol. The van der Waals surface area contributed by atoms with Crippen LogP contribution in [0.3, 0.4) is 0 Å². The topological polar surface area (TPSA) is 102 Å². The predicted octanol–water partition coefficient (Wildman–Crippen LogP) is 11.8. The Balaban J connectivity index is 3.76. The molecule has 8 heteroatoms. The summed E-state index contributed by atoms with van der Waals surface area (Å²) in [4.78, 5) is 30.5. The molecule has 270 valence electrons. The highest BCUT2D eigenvalue weighted by molar-refractivity contribution is 7.46. The molecule has 0 rings (SSSR count). The first-order valence-corrected chi connectivity index (χ1v) is 20.9. The van der Waals surface area contributed by atoms with Gasteiger partial charge in [0.15, 0.2) is 0 Å². The highest BCUT2D eigenvalue weighted by Crippen LogP contribution is 2.36. The second-order valence-electron chi connectivity index (χ2n) is 13.3. The quantitative estimate of drug-likeness (QED) is 0.0387. The fourth-order valence-electron chi connectivity index (χ4n) is 5.80. The number of ether oxygens (including phenoxy) is 2. The molecule has 0 saturated heterocycles. The Morgan fingerprint density at radius 3 is 1.20 bits per heavy atom. The minimum atomic E-state index is -4.64. The van der Waals surface area contributed by atoms with Crippen LogP contribution in [0.2, 0.25) is 0 Å². The van der Waals surface area contributed by atoms with Gasteiger partial charge < -0.3 is 19.3 Å². The van der Waals surface area contributed by atoms with Crippen LogP contribution < -0.4 is 0 Å². The van der Waals surface area contributed by atoms with Gasteiger partial charge in [-0.25, -0.2) is 4.57 Å². The molecule has 0 bridgehead atoms. The molecule has 0 amide bonds. The highest BCUT2D eigenvalue weighted by Gasteiger charge is 2.21. The van der Waals surface area contributed by atoms with E-state index < -0.39 is 13.9 Å². The molecule has 0 aromatic heterocycles. The first-order chi connectivity index (χ1) is 21.9. The zero-order chi connectivity index (χ0) is 33.1. The van der Waals surface area contributed by atoms with Gasteiger partial charge in [0.2, 0.25) is 0 Å². The number of carbonyl (C=O) groups excluding carboxylic acids is 1. The van der Waals surface area contributed by atoms with E-state index in [-0.39, 0.29) is 19.2 Å². The first-order valence-electron chi connectivity index (χ1n) is 19.4. The van der Waals surface area contributed by atoms with E-state index in [0.29, 0.717) is 13.0 Å². The molecule has 0 unspecified atom stereocenters. The summed E-state index contributed by atoms with van der Waals surface area (Å²) in [5.41, 5.74) is 0. The second kappa shape index (κ2) is 34.9. The molecule has 0 heterocycles. The molecule has 2 N–H and O–H groups in total. The van der Waals surface area contributed by atoms with Gasteiger partial charge in [-0.05, 0) is 12.8 Å². The van der Waals surface area contributed by atoms with Crippen molar-refractivity contribution in [2.24, 2.45) is 0 Å². The van der Waals surface area contributed by atoms with E-state index in [1.54, 1.807) is 0 Å². The van der Waals surface area contributed by atoms with E-state index in [2.05, 4.69) is 18.4 Å². The summed E-state index contributed by atoms with van der Waals surface area (Å²) in [6.45, 7) is 4.79. The van der Waals surface area contributed by atoms with E-state index in [9.17, 15) is 9.36 Å². The van der Waals surface area contributed by atoms with Crippen molar-refractivity contribution in [3.63, 3.8) is 0 Å². The molecule has 0 aromatic carbocycles. The van der Waals surface area contributed by atoms with Gasteiger partial charge in [-0.1, -0.05) is 187 Å². The number of rotatable bonds is 37. The molecular formula is C37H75O7P. The van der Waals surface area contributed by atoms with E-state index in [1.165, 1.54) is 154 Å². The van der Waals surface area contributed by atoms with E-state index >= 15 is 0 Å². The van der Waals surface area contributed by atoms with Crippen molar-refractivity contribution in [1.29, 1.82) is 0 Å².